The lowest BCUT2D eigenvalue weighted by atomic mass is 9.76. The molecule has 0 saturated heterocycles. The number of ether oxygens (including phenoxy) is 2. The van der Waals surface area contributed by atoms with Gasteiger partial charge < -0.3 is 9.47 Å². The molecule has 0 bridgehead atoms. The molecule has 3 aromatic carbocycles. The van der Waals surface area contributed by atoms with Crippen LogP contribution in [0.5, 0.6) is 11.5 Å². The number of nitrogens with zero attached hydrogens (tertiary/aromatic N) is 1. The van der Waals surface area contributed by atoms with Crippen LogP contribution in [-0.2, 0) is 5.41 Å². The van der Waals surface area contributed by atoms with Crippen LogP contribution in [0.4, 0.5) is 11.4 Å². The van der Waals surface area contributed by atoms with Gasteiger partial charge in [0.15, 0.2) is 11.5 Å². The van der Waals surface area contributed by atoms with Gasteiger partial charge in [-0.1, -0.05) is 59.6 Å². The quantitative estimate of drug-likeness (QED) is 0.408. The highest BCUT2D eigenvalue weighted by Gasteiger charge is 2.59. The zero-order valence-electron chi connectivity index (χ0n) is 17.7. The van der Waals surface area contributed by atoms with Crippen molar-refractivity contribution in [2.75, 3.05) is 11.5 Å². The van der Waals surface area contributed by atoms with E-state index < -0.39 is 5.72 Å². The SMILES string of the molecule is CCOc1cc(Cl)c(Cl)c2c1OC1(C=C2)N(c2ccccc2)c2ccccc2C1(C)C. The van der Waals surface area contributed by atoms with Crippen molar-refractivity contribution in [3.63, 3.8) is 0 Å². The second kappa shape index (κ2) is 7.22. The molecule has 0 radical (unpaired) electrons. The van der Waals surface area contributed by atoms with E-state index in [0.717, 1.165) is 16.9 Å². The maximum absolute atomic E-state index is 6.94. The summed E-state index contributed by atoms with van der Waals surface area (Å²) in [5, 5.41) is 0.910. The Kier molecular flexibility index (Phi) is 4.72. The maximum Gasteiger partial charge on any atom is 0.216 e. The van der Waals surface area contributed by atoms with Crippen molar-refractivity contribution >= 4 is 40.7 Å². The van der Waals surface area contributed by atoms with Gasteiger partial charge in [0.1, 0.15) is 0 Å². The Morgan fingerprint density at radius 1 is 1.00 bits per heavy atom. The number of hydrogen-bond acceptors (Lipinski definition) is 3. The van der Waals surface area contributed by atoms with Crippen molar-refractivity contribution in [2.24, 2.45) is 0 Å². The molecule has 0 saturated carbocycles. The lowest BCUT2D eigenvalue weighted by Gasteiger charge is -2.47. The highest BCUT2D eigenvalue weighted by molar-refractivity contribution is 6.43. The summed E-state index contributed by atoms with van der Waals surface area (Å²) in [5.74, 6) is 1.20. The number of fused-ring (bicyclic) bond motifs is 2. The van der Waals surface area contributed by atoms with Crippen molar-refractivity contribution in [3.8, 4) is 11.5 Å². The highest BCUT2D eigenvalue weighted by Crippen LogP contribution is 2.59. The predicted octanol–water partition coefficient (Wildman–Crippen LogP) is 7.62. The number of benzene rings is 3. The van der Waals surface area contributed by atoms with Gasteiger partial charge >= 0.3 is 0 Å². The highest BCUT2D eigenvalue weighted by atomic mass is 35.5. The standard InChI is InChI=1S/C26H23Cl2NO2/c1-4-30-22-16-20(27)23(28)18-14-15-26(31-24(18)22)25(2,3)19-12-8-9-13-21(19)29(26)17-10-6-5-7-11-17/h5-16H,4H2,1-3H3. The number of para-hydroxylation sites is 2. The van der Waals surface area contributed by atoms with Crippen molar-refractivity contribution in [2.45, 2.75) is 31.9 Å². The summed E-state index contributed by atoms with van der Waals surface area (Å²) >= 11 is 12.9. The van der Waals surface area contributed by atoms with E-state index in [4.69, 9.17) is 32.7 Å². The second-order valence-corrected chi connectivity index (χ2v) is 9.08. The molecule has 0 fully saturated rings. The van der Waals surface area contributed by atoms with E-state index in [2.05, 4.69) is 61.2 Å². The number of halogens is 2. The van der Waals surface area contributed by atoms with Crippen LogP contribution < -0.4 is 14.4 Å². The minimum atomic E-state index is -0.811. The van der Waals surface area contributed by atoms with E-state index >= 15 is 0 Å². The van der Waals surface area contributed by atoms with Crippen LogP contribution in [0.25, 0.3) is 6.08 Å². The molecule has 31 heavy (non-hydrogen) atoms. The van der Waals surface area contributed by atoms with E-state index in [1.807, 2.05) is 31.2 Å². The fraction of sp³-hybridized carbons (Fsp3) is 0.231. The van der Waals surface area contributed by atoms with Gasteiger partial charge in [0, 0.05) is 23.0 Å². The molecule has 2 aliphatic rings. The Hall–Kier alpha value is -2.62. The third kappa shape index (κ3) is 2.80. The predicted molar refractivity (Wildman–Crippen MR) is 128 cm³/mol. The lowest BCUT2D eigenvalue weighted by Crippen LogP contribution is -2.57. The van der Waals surface area contributed by atoms with Crippen LogP contribution in [0.3, 0.4) is 0 Å². The molecule has 2 heterocycles. The molecule has 0 N–H and O–H groups in total. The second-order valence-electron chi connectivity index (χ2n) is 8.29. The molecule has 0 aliphatic carbocycles. The summed E-state index contributed by atoms with van der Waals surface area (Å²) in [5.41, 5.74) is 2.93. The maximum atomic E-state index is 6.94. The minimum absolute atomic E-state index is 0.372. The van der Waals surface area contributed by atoms with E-state index in [1.165, 1.54) is 5.56 Å². The Labute approximate surface area is 192 Å². The average molecular weight is 452 g/mol. The van der Waals surface area contributed by atoms with Crippen molar-refractivity contribution < 1.29 is 9.47 Å². The van der Waals surface area contributed by atoms with Gasteiger partial charge in [0.2, 0.25) is 5.72 Å². The van der Waals surface area contributed by atoms with Crippen molar-refractivity contribution in [3.05, 3.63) is 87.9 Å². The summed E-state index contributed by atoms with van der Waals surface area (Å²) in [4.78, 5) is 2.26. The molecule has 1 atom stereocenters. The molecule has 1 spiro atoms. The van der Waals surface area contributed by atoms with E-state index in [0.29, 0.717) is 28.2 Å². The van der Waals surface area contributed by atoms with Crippen LogP contribution in [0.2, 0.25) is 10.0 Å². The number of hydrogen-bond donors (Lipinski definition) is 0. The van der Waals surface area contributed by atoms with E-state index in [-0.39, 0.29) is 5.41 Å². The first-order valence-electron chi connectivity index (χ1n) is 10.4. The summed E-state index contributed by atoms with van der Waals surface area (Å²) in [7, 11) is 0. The van der Waals surface area contributed by atoms with Crippen molar-refractivity contribution in [1.82, 2.24) is 0 Å². The number of anilines is 2. The van der Waals surface area contributed by atoms with Crippen LogP contribution in [0.15, 0.2) is 66.7 Å². The summed E-state index contributed by atoms with van der Waals surface area (Å²) in [6.07, 6.45) is 4.11. The third-order valence-electron chi connectivity index (χ3n) is 6.27. The first-order chi connectivity index (χ1) is 14.9. The largest absolute Gasteiger partial charge is 0.490 e. The van der Waals surface area contributed by atoms with Crippen LogP contribution in [0, 0.1) is 0 Å². The Bertz CT molecular complexity index is 1190. The molecule has 0 aromatic heterocycles. The normalized spacial score (nSPS) is 20.4. The first-order valence-corrected chi connectivity index (χ1v) is 11.1. The van der Waals surface area contributed by atoms with Crippen LogP contribution >= 0.6 is 23.2 Å². The molecule has 3 aromatic rings. The molecule has 5 rings (SSSR count). The molecule has 2 aliphatic heterocycles. The molecule has 158 valence electrons. The molecule has 1 unspecified atom stereocenters. The fourth-order valence-electron chi connectivity index (χ4n) is 4.72. The van der Waals surface area contributed by atoms with Gasteiger partial charge in [0.05, 0.1) is 22.1 Å². The summed E-state index contributed by atoms with van der Waals surface area (Å²) in [6.45, 7) is 6.86. The Balaban J connectivity index is 1.78. The molecule has 5 heteroatoms. The lowest BCUT2D eigenvalue weighted by molar-refractivity contribution is 0.0592. The zero-order valence-corrected chi connectivity index (χ0v) is 19.2. The smallest absolute Gasteiger partial charge is 0.216 e. The topological polar surface area (TPSA) is 21.7 Å². The monoisotopic (exact) mass is 451 g/mol. The summed E-state index contributed by atoms with van der Waals surface area (Å²) in [6, 6.07) is 20.5. The molecule has 3 nitrogen and oxygen atoms in total. The van der Waals surface area contributed by atoms with Gasteiger partial charge in [-0.05, 0) is 56.7 Å². The Morgan fingerprint density at radius 3 is 2.45 bits per heavy atom. The Morgan fingerprint density at radius 2 is 1.71 bits per heavy atom. The van der Waals surface area contributed by atoms with E-state index in [1.54, 1.807) is 6.07 Å². The van der Waals surface area contributed by atoms with Gasteiger partial charge in [-0.2, -0.15) is 0 Å². The van der Waals surface area contributed by atoms with Crippen LogP contribution in [-0.4, -0.2) is 12.3 Å². The zero-order chi connectivity index (χ0) is 21.8. The minimum Gasteiger partial charge on any atom is -0.490 e. The number of rotatable bonds is 3. The summed E-state index contributed by atoms with van der Waals surface area (Å²) < 4.78 is 12.8. The van der Waals surface area contributed by atoms with Gasteiger partial charge in [-0.3, -0.25) is 4.90 Å². The average Bonchev–Trinajstić information content (AvgIpc) is 2.96. The first kappa shape index (κ1) is 20.3. The third-order valence-corrected chi connectivity index (χ3v) is 7.07. The van der Waals surface area contributed by atoms with Crippen LogP contribution in [0.1, 0.15) is 31.9 Å². The van der Waals surface area contributed by atoms with Gasteiger partial charge in [-0.25, -0.2) is 0 Å². The van der Waals surface area contributed by atoms with Crippen molar-refractivity contribution in [1.29, 1.82) is 0 Å². The van der Waals surface area contributed by atoms with Gasteiger partial charge in [-0.15, -0.1) is 0 Å². The van der Waals surface area contributed by atoms with Gasteiger partial charge in [0.25, 0.3) is 0 Å². The van der Waals surface area contributed by atoms with E-state index in [9.17, 15) is 0 Å². The molecule has 0 amide bonds. The fourth-order valence-corrected chi connectivity index (χ4v) is 5.12. The molecular formula is C26H23Cl2NO2. The molecular weight excluding hydrogens is 429 g/mol.